The summed E-state index contributed by atoms with van der Waals surface area (Å²) in [5.41, 5.74) is 2.61. The van der Waals surface area contributed by atoms with Crippen LogP contribution in [-0.4, -0.2) is 49.8 Å². The third-order valence-corrected chi connectivity index (χ3v) is 7.28. The van der Waals surface area contributed by atoms with Gasteiger partial charge in [0.05, 0.1) is 4.90 Å². The molecule has 0 atom stereocenters. The molecule has 1 fully saturated rings. The molecule has 3 rings (SSSR count). The van der Waals surface area contributed by atoms with Gasteiger partial charge in [0.2, 0.25) is 21.8 Å². The minimum absolute atomic E-state index is 0.0119. The number of nitrogens with zero attached hydrogens (tertiary/aromatic N) is 2. The molecule has 8 nitrogen and oxygen atoms in total. The van der Waals surface area contributed by atoms with Crippen molar-refractivity contribution in [1.82, 2.24) is 19.9 Å². The maximum Gasteiger partial charge on any atom is 0.240 e. The second kappa shape index (κ2) is 10.7. The predicted molar refractivity (Wildman–Crippen MR) is 121 cm³/mol. The Morgan fingerprint density at radius 1 is 1.16 bits per heavy atom. The number of benzene rings is 1. The summed E-state index contributed by atoms with van der Waals surface area (Å²) in [7, 11) is -3.66. The van der Waals surface area contributed by atoms with E-state index in [9.17, 15) is 18.0 Å². The van der Waals surface area contributed by atoms with Gasteiger partial charge in [0.25, 0.3) is 0 Å². The third kappa shape index (κ3) is 6.37. The van der Waals surface area contributed by atoms with E-state index in [1.165, 1.54) is 0 Å². The molecule has 0 radical (unpaired) electrons. The van der Waals surface area contributed by atoms with Crippen LogP contribution in [0.2, 0.25) is 0 Å². The molecule has 9 heteroatoms. The quantitative estimate of drug-likeness (QED) is 0.628. The van der Waals surface area contributed by atoms with E-state index in [1.54, 1.807) is 36.4 Å². The van der Waals surface area contributed by atoms with Crippen LogP contribution in [-0.2, 0) is 26.2 Å². The maximum atomic E-state index is 12.5. The first-order chi connectivity index (χ1) is 15.3. The molecule has 2 amide bonds. The Hall–Kier alpha value is -2.78. The summed E-state index contributed by atoms with van der Waals surface area (Å²) < 4.78 is 27.6. The van der Waals surface area contributed by atoms with Crippen LogP contribution >= 0.6 is 0 Å². The number of hydrogen-bond acceptors (Lipinski definition) is 5. The first kappa shape index (κ1) is 23.9. The topological polar surface area (TPSA) is 108 Å². The Bertz CT molecular complexity index is 1050. The van der Waals surface area contributed by atoms with Gasteiger partial charge in [-0.3, -0.25) is 14.6 Å². The number of carbonyl (C=O) groups excluding carboxylic acids is 2. The summed E-state index contributed by atoms with van der Waals surface area (Å²) in [6.07, 6.45) is 4.68. The van der Waals surface area contributed by atoms with E-state index in [1.807, 2.05) is 25.1 Å². The molecule has 0 saturated carbocycles. The molecule has 0 unspecified atom stereocenters. The van der Waals surface area contributed by atoms with Crippen molar-refractivity contribution in [2.75, 3.05) is 19.6 Å². The monoisotopic (exact) mass is 458 g/mol. The highest BCUT2D eigenvalue weighted by Crippen LogP contribution is 2.19. The number of piperidine rings is 1. The standard InChI is InChI=1S/C23H30N4O4S/c1-17-5-6-21(18(2)14-17)32(30,31)26-11-7-22(28)27-12-8-20(9-13-27)23(29)25-16-19-4-3-10-24-15-19/h3-6,10,14-15,20,26H,7-9,11-13,16H2,1-2H3,(H,25,29). The maximum absolute atomic E-state index is 12.5. The fraction of sp³-hybridized carbons (Fsp3) is 0.435. The number of amides is 2. The van der Waals surface area contributed by atoms with Crippen LogP contribution in [0.1, 0.15) is 36.0 Å². The molecule has 0 spiro atoms. The number of sulfonamides is 1. The fourth-order valence-corrected chi connectivity index (χ4v) is 5.11. The van der Waals surface area contributed by atoms with Crippen molar-refractivity contribution in [1.29, 1.82) is 0 Å². The molecular weight excluding hydrogens is 428 g/mol. The number of carbonyl (C=O) groups is 2. The van der Waals surface area contributed by atoms with Gasteiger partial charge in [0, 0.05) is 50.9 Å². The van der Waals surface area contributed by atoms with Gasteiger partial charge in [-0.25, -0.2) is 13.1 Å². The van der Waals surface area contributed by atoms with Crippen molar-refractivity contribution in [2.45, 2.75) is 44.6 Å². The number of aromatic nitrogens is 1. The van der Waals surface area contributed by atoms with Crippen LogP contribution in [0, 0.1) is 19.8 Å². The molecule has 32 heavy (non-hydrogen) atoms. The van der Waals surface area contributed by atoms with E-state index < -0.39 is 10.0 Å². The Labute approximate surface area is 189 Å². The minimum Gasteiger partial charge on any atom is -0.352 e. The molecular formula is C23H30N4O4S. The number of rotatable bonds is 8. The van der Waals surface area contributed by atoms with Gasteiger partial charge in [0.15, 0.2) is 0 Å². The highest BCUT2D eigenvalue weighted by atomic mass is 32.2. The third-order valence-electron chi connectivity index (χ3n) is 5.66. The normalized spacial score (nSPS) is 14.9. The van der Waals surface area contributed by atoms with Crippen molar-refractivity contribution in [3.8, 4) is 0 Å². The lowest BCUT2D eigenvalue weighted by Crippen LogP contribution is -2.43. The lowest BCUT2D eigenvalue weighted by atomic mass is 9.95. The number of hydrogen-bond donors (Lipinski definition) is 2. The van der Waals surface area contributed by atoms with Crippen LogP contribution in [0.3, 0.4) is 0 Å². The fourth-order valence-electron chi connectivity index (χ4n) is 3.86. The average Bonchev–Trinajstić information content (AvgIpc) is 2.77. The summed E-state index contributed by atoms with van der Waals surface area (Å²) in [6, 6.07) is 8.88. The second-order valence-corrected chi connectivity index (χ2v) is 9.89. The zero-order chi connectivity index (χ0) is 23.1. The van der Waals surface area contributed by atoms with Crippen LogP contribution in [0.4, 0.5) is 0 Å². The van der Waals surface area contributed by atoms with E-state index in [2.05, 4.69) is 15.0 Å². The molecule has 172 valence electrons. The molecule has 1 aliphatic heterocycles. The molecule has 1 aromatic carbocycles. The van der Waals surface area contributed by atoms with E-state index in [0.29, 0.717) is 38.0 Å². The lowest BCUT2D eigenvalue weighted by molar-refractivity contribution is -0.135. The smallest absolute Gasteiger partial charge is 0.240 e. The average molecular weight is 459 g/mol. The Balaban J connectivity index is 1.41. The molecule has 1 aromatic heterocycles. The van der Waals surface area contributed by atoms with Crippen molar-refractivity contribution < 1.29 is 18.0 Å². The Kier molecular flexibility index (Phi) is 7.98. The van der Waals surface area contributed by atoms with Crippen LogP contribution in [0.5, 0.6) is 0 Å². The first-order valence-electron chi connectivity index (χ1n) is 10.8. The van der Waals surface area contributed by atoms with E-state index in [4.69, 9.17) is 0 Å². The number of likely N-dealkylation sites (tertiary alicyclic amines) is 1. The number of nitrogens with one attached hydrogen (secondary N) is 2. The zero-order valence-corrected chi connectivity index (χ0v) is 19.3. The highest BCUT2D eigenvalue weighted by Gasteiger charge is 2.27. The van der Waals surface area contributed by atoms with Gasteiger partial charge >= 0.3 is 0 Å². The molecule has 1 aliphatic rings. The molecule has 0 aliphatic carbocycles. The van der Waals surface area contributed by atoms with Crippen molar-refractivity contribution in [3.63, 3.8) is 0 Å². The Morgan fingerprint density at radius 2 is 1.91 bits per heavy atom. The van der Waals surface area contributed by atoms with E-state index >= 15 is 0 Å². The first-order valence-corrected chi connectivity index (χ1v) is 12.3. The minimum atomic E-state index is -3.66. The molecule has 0 bridgehead atoms. The van der Waals surface area contributed by atoms with Gasteiger partial charge in [-0.2, -0.15) is 0 Å². The predicted octanol–water partition coefficient (Wildman–Crippen LogP) is 1.92. The lowest BCUT2D eigenvalue weighted by Gasteiger charge is -2.31. The molecule has 2 heterocycles. The number of aryl methyl sites for hydroxylation is 2. The van der Waals surface area contributed by atoms with Gasteiger partial charge in [0.1, 0.15) is 0 Å². The van der Waals surface area contributed by atoms with Gasteiger partial charge < -0.3 is 10.2 Å². The van der Waals surface area contributed by atoms with E-state index in [0.717, 1.165) is 11.1 Å². The second-order valence-electron chi connectivity index (χ2n) is 8.15. The van der Waals surface area contributed by atoms with Crippen LogP contribution in [0.15, 0.2) is 47.6 Å². The van der Waals surface area contributed by atoms with Crippen molar-refractivity contribution in [2.24, 2.45) is 5.92 Å². The molecule has 1 saturated heterocycles. The van der Waals surface area contributed by atoms with Gasteiger partial charge in [-0.15, -0.1) is 0 Å². The molecule has 2 N–H and O–H groups in total. The number of pyridine rings is 1. The van der Waals surface area contributed by atoms with Crippen molar-refractivity contribution in [3.05, 3.63) is 59.4 Å². The summed E-state index contributed by atoms with van der Waals surface area (Å²) in [5.74, 6) is -0.247. The summed E-state index contributed by atoms with van der Waals surface area (Å²) in [5, 5.41) is 2.93. The largest absolute Gasteiger partial charge is 0.352 e. The Morgan fingerprint density at radius 3 is 2.56 bits per heavy atom. The van der Waals surface area contributed by atoms with Gasteiger partial charge in [-0.05, 0) is 49.9 Å². The molecule has 2 aromatic rings. The zero-order valence-electron chi connectivity index (χ0n) is 18.5. The summed E-state index contributed by atoms with van der Waals surface area (Å²) >= 11 is 0. The van der Waals surface area contributed by atoms with Crippen LogP contribution < -0.4 is 10.0 Å². The van der Waals surface area contributed by atoms with E-state index in [-0.39, 0.29) is 35.6 Å². The van der Waals surface area contributed by atoms with Crippen LogP contribution in [0.25, 0.3) is 0 Å². The summed E-state index contributed by atoms with van der Waals surface area (Å²) in [6.45, 7) is 5.13. The highest BCUT2D eigenvalue weighted by molar-refractivity contribution is 7.89. The van der Waals surface area contributed by atoms with Crippen molar-refractivity contribution >= 4 is 21.8 Å². The van der Waals surface area contributed by atoms with Gasteiger partial charge in [-0.1, -0.05) is 23.8 Å². The SMILES string of the molecule is Cc1ccc(S(=O)(=O)NCCC(=O)N2CCC(C(=O)NCc3cccnc3)CC2)c(C)c1. The summed E-state index contributed by atoms with van der Waals surface area (Å²) in [4.78, 5) is 30.9.